The molecule has 0 spiro atoms. The fourth-order valence-corrected chi connectivity index (χ4v) is 3.69. The predicted molar refractivity (Wildman–Crippen MR) is 129 cm³/mol. The summed E-state index contributed by atoms with van der Waals surface area (Å²) in [6.07, 6.45) is 0. The van der Waals surface area contributed by atoms with Gasteiger partial charge in [0.2, 0.25) is 0 Å². The first-order chi connectivity index (χ1) is 15.3. The third kappa shape index (κ3) is 4.25. The van der Waals surface area contributed by atoms with Crippen molar-refractivity contribution in [2.24, 2.45) is 0 Å². The molecule has 31 heavy (non-hydrogen) atoms. The standard InChI is InChI=1S/C28H19ClN2/c29-25-16-14-22(15-17-25)28-30-26(21-10-5-2-6-11-21)19-27(31-28)24-13-7-12-23(18-24)20-8-3-1-4-9-20/h1-19H. The maximum Gasteiger partial charge on any atom is 0.160 e. The van der Waals surface area contributed by atoms with Crippen molar-refractivity contribution in [3.8, 4) is 45.0 Å². The highest BCUT2D eigenvalue weighted by atomic mass is 35.5. The van der Waals surface area contributed by atoms with Crippen LogP contribution in [0.5, 0.6) is 0 Å². The quantitative estimate of drug-likeness (QED) is 0.297. The van der Waals surface area contributed by atoms with Crippen molar-refractivity contribution < 1.29 is 0 Å². The average Bonchev–Trinajstić information content (AvgIpc) is 2.85. The van der Waals surface area contributed by atoms with Gasteiger partial charge in [0, 0.05) is 21.7 Å². The van der Waals surface area contributed by atoms with Gasteiger partial charge in [0.15, 0.2) is 5.82 Å². The lowest BCUT2D eigenvalue weighted by Gasteiger charge is -2.10. The van der Waals surface area contributed by atoms with Crippen LogP contribution in [-0.4, -0.2) is 9.97 Å². The molecule has 148 valence electrons. The van der Waals surface area contributed by atoms with Crippen LogP contribution < -0.4 is 0 Å². The van der Waals surface area contributed by atoms with Gasteiger partial charge in [-0.25, -0.2) is 9.97 Å². The fourth-order valence-electron chi connectivity index (χ4n) is 3.57. The number of hydrogen-bond donors (Lipinski definition) is 0. The lowest BCUT2D eigenvalue weighted by atomic mass is 10.0. The molecule has 0 aliphatic rings. The lowest BCUT2D eigenvalue weighted by Crippen LogP contribution is -1.96. The minimum atomic E-state index is 0.679. The zero-order chi connectivity index (χ0) is 21.0. The molecule has 0 amide bonds. The van der Waals surface area contributed by atoms with Crippen LogP contribution in [0.3, 0.4) is 0 Å². The second-order valence-electron chi connectivity index (χ2n) is 7.28. The summed E-state index contributed by atoms with van der Waals surface area (Å²) in [7, 11) is 0. The Morgan fingerprint density at radius 2 is 0.968 bits per heavy atom. The minimum absolute atomic E-state index is 0.679. The SMILES string of the molecule is Clc1ccc(-c2nc(-c3ccccc3)cc(-c3cccc(-c4ccccc4)c3)n2)cc1. The molecule has 1 aromatic heterocycles. The van der Waals surface area contributed by atoms with Crippen molar-refractivity contribution in [1.29, 1.82) is 0 Å². The van der Waals surface area contributed by atoms with Gasteiger partial charge in [0.05, 0.1) is 11.4 Å². The van der Waals surface area contributed by atoms with E-state index in [4.69, 9.17) is 21.6 Å². The molecule has 0 bridgehead atoms. The van der Waals surface area contributed by atoms with Crippen molar-refractivity contribution in [1.82, 2.24) is 9.97 Å². The summed E-state index contributed by atoms with van der Waals surface area (Å²) in [5.74, 6) is 0.679. The monoisotopic (exact) mass is 418 g/mol. The van der Waals surface area contributed by atoms with Gasteiger partial charge in [0.25, 0.3) is 0 Å². The Morgan fingerprint density at radius 3 is 1.65 bits per heavy atom. The summed E-state index contributed by atoms with van der Waals surface area (Å²) in [4.78, 5) is 9.77. The molecule has 0 fully saturated rings. The molecule has 0 atom stereocenters. The molecular formula is C28H19ClN2. The molecule has 5 rings (SSSR count). The fraction of sp³-hybridized carbons (Fsp3) is 0. The van der Waals surface area contributed by atoms with Gasteiger partial charge in [-0.1, -0.05) is 90.5 Å². The zero-order valence-electron chi connectivity index (χ0n) is 16.7. The van der Waals surface area contributed by atoms with E-state index in [0.29, 0.717) is 10.8 Å². The number of rotatable bonds is 4. The summed E-state index contributed by atoms with van der Waals surface area (Å²) in [5, 5.41) is 0.693. The number of halogens is 1. The van der Waals surface area contributed by atoms with E-state index in [1.165, 1.54) is 5.56 Å². The van der Waals surface area contributed by atoms with Crippen LogP contribution in [-0.2, 0) is 0 Å². The average molecular weight is 419 g/mol. The van der Waals surface area contributed by atoms with Gasteiger partial charge in [-0.2, -0.15) is 0 Å². The summed E-state index contributed by atoms with van der Waals surface area (Å²) in [6.45, 7) is 0. The van der Waals surface area contributed by atoms with Gasteiger partial charge in [0.1, 0.15) is 0 Å². The molecular weight excluding hydrogens is 400 g/mol. The smallest absolute Gasteiger partial charge is 0.160 e. The van der Waals surface area contributed by atoms with E-state index in [1.54, 1.807) is 0 Å². The molecule has 0 N–H and O–H groups in total. The predicted octanol–water partition coefficient (Wildman–Crippen LogP) is 7.80. The second kappa shape index (κ2) is 8.55. The van der Waals surface area contributed by atoms with Crippen LogP contribution in [0.4, 0.5) is 0 Å². The first-order valence-electron chi connectivity index (χ1n) is 10.1. The maximum absolute atomic E-state index is 6.09. The Balaban J connectivity index is 1.66. The number of aromatic nitrogens is 2. The van der Waals surface area contributed by atoms with Gasteiger partial charge in [-0.15, -0.1) is 0 Å². The van der Waals surface area contributed by atoms with E-state index in [9.17, 15) is 0 Å². The van der Waals surface area contributed by atoms with Crippen LogP contribution in [0.25, 0.3) is 45.0 Å². The van der Waals surface area contributed by atoms with Crippen molar-refractivity contribution in [2.75, 3.05) is 0 Å². The second-order valence-corrected chi connectivity index (χ2v) is 7.72. The lowest BCUT2D eigenvalue weighted by molar-refractivity contribution is 1.18. The molecule has 0 aliphatic carbocycles. The van der Waals surface area contributed by atoms with Gasteiger partial charge in [-0.3, -0.25) is 0 Å². The van der Waals surface area contributed by atoms with Crippen molar-refractivity contribution >= 4 is 11.6 Å². The van der Waals surface area contributed by atoms with Crippen LogP contribution in [0.1, 0.15) is 0 Å². The molecule has 2 nitrogen and oxygen atoms in total. The first kappa shape index (κ1) is 19.2. The largest absolute Gasteiger partial charge is 0.228 e. The summed E-state index contributed by atoms with van der Waals surface area (Å²) < 4.78 is 0. The maximum atomic E-state index is 6.09. The summed E-state index contributed by atoms with van der Waals surface area (Å²) in [5.41, 5.74) is 7.15. The van der Waals surface area contributed by atoms with E-state index >= 15 is 0 Å². The van der Waals surface area contributed by atoms with Crippen LogP contribution in [0, 0.1) is 0 Å². The van der Waals surface area contributed by atoms with Crippen LogP contribution >= 0.6 is 11.6 Å². The molecule has 1 heterocycles. The highest BCUT2D eigenvalue weighted by Crippen LogP contribution is 2.30. The van der Waals surface area contributed by atoms with Crippen molar-refractivity contribution in [2.45, 2.75) is 0 Å². The number of benzene rings is 4. The van der Waals surface area contributed by atoms with Gasteiger partial charge < -0.3 is 0 Å². The van der Waals surface area contributed by atoms with Crippen molar-refractivity contribution in [3.05, 3.63) is 120 Å². The summed E-state index contributed by atoms with van der Waals surface area (Å²) >= 11 is 6.09. The molecule has 5 aromatic rings. The van der Waals surface area contributed by atoms with E-state index in [0.717, 1.165) is 33.6 Å². The highest BCUT2D eigenvalue weighted by Gasteiger charge is 2.11. The first-order valence-corrected chi connectivity index (χ1v) is 10.5. The van der Waals surface area contributed by atoms with E-state index in [1.807, 2.05) is 48.5 Å². The van der Waals surface area contributed by atoms with E-state index in [2.05, 4.69) is 66.7 Å². The Morgan fingerprint density at radius 1 is 0.419 bits per heavy atom. The molecule has 0 radical (unpaired) electrons. The Kier molecular flexibility index (Phi) is 5.30. The Hall–Kier alpha value is -3.75. The summed E-state index contributed by atoms with van der Waals surface area (Å²) in [6, 6.07) is 38.7. The highest BCUT2D eigenvalue weighted by molar-refractivity contribution is 6.30. The number of hydrogen-bond acceptors (Lipinski definition) is 2. The van der Waals surface area contributed by atoms with E-state index < -0.39 is 0 Å². The Labute approximate surface area is 186 Å². The third-order valence-corrected chi connectivity index (χ3v) is 5.42. The van der Waals surface area contributed by atoms with Crippen LogP contribution in [0.15, 0.2) is 115 Å². The molecule has 0 unspecified atom stereocenters. The third-order valence-electron chi connectivity index (χ3n) is 5.16. The molecule has 0 saturated heterocycles. The number of nitrogens with zero attached hydrogens (tertiary/aromatic N) is 2. The van der Waals surface area contributed by atoms with Gasteiger partial charge in [-0.05, 0) is 47.5 Å². The molecule has 0 aliphatic heterocycles. The Bertz CT molecular complexity index is 1310. The van der Waals surface area contributed by atoms with E-state index in [-0.39, 0.29) is 0 Å². The van der Waals surface area contributed by atoms with Gasteiger partial charge >= 0.3 is 0 Å². The van der Waals surface area contributed by atoms with Crippen molar-refractivity contribution in [3.63, 3.8) is 0 Å². The zero-order valence-corrected chi connectivity index (χ0v) is 17.5. The molecule has 3 heteroatoms. The van der Waals surface area contributed by atoms with Crippen LogP contribution in [0.2, 0.25) is 5.02 Å². The molecule has 4 aromatic carbocycles. The normalized spacial score (nSPS) is 10.7. The minimum Gasteiger partial charge on any atom is -0.228 e. The molecule has 0 saturated carbocycles. The topological polar surface area (TPSA) is 25.8 Å².